The molecule has 2 aromatic rings. The van der Waals surface area contributed by atoms with Crippen LogP contribution in [0.3, 0.4) is 0 Å². The summed E-state index contributed by atoms with van der Waals surface area (Å²) in [6.45, 7) is 0.136. The Bertz CT molecular complexity index is 881. The molecule has 2 aromatic carbocycles. The first-order chi connectivity index (χ1) is 13.9. The highest BCUT2D eigenvalue weighted by atomic mass is 16.6. The van der Waals surface area contributed by atoms with Gasteiger partial charge in [0.25, 0.3) is 0 Å². The Morgan fingerprint density at radius 2 is 1.62 bits per heavy atom. The van der Waals surface area contributed by atoms with Crippen molar-refractivity contribution in [1.82, 2.24) is 10.2 Å². The lowest BCUT2D eigenvalue weighted by Gasteiger charge is -2.26. The molecule has 0 spiro atoms. The van der Waals surface area contributed by atoms with E-state index in [1.54, 1.807) is 0 Å². The molecule has 1 aliphatic carbocycles. The van der Waals surface area contributed by atoms with E-state index in [0.717, 1.165) is 27.2 Å². The van der Waals surface area contributed by atoms with Crippen molar-refractivity contribution in [3.8, 4) is 11.1 Å². The smallest absolute Gasteiger partial charge is 0.410 e. The summed E-state index contributed by atoms with van der Waals surface area (Å²) in [6.07, 6.45) is -0.875. The Hall–Kier alpha value is -3.35. The van der Waals surface area contributed by atoms with Crippen LogP contribution in [-0.2, 0) is 14.3 Å². The number of aliphatic carboxylic acids is 1. The van der Waals surface area contributed by atoms with Gasteiger partial charge in [0.05, 0.1) is 0 Å². The molecular formula is C22H24N2O5. The van der Waals surface area contributed by atoms with Crippen LogP contribution in [0.5, 0.6) is 0 Å². The van der Waals surface area contributed by atoms with E-state index >= 15 is 0 Å². The van der Waals surface area contributed by atoms with Gasteiger partial charge >= 0.3 is 12.1 Å². The van der Waals surface area contributed by atoms with Crippen LogP contribution in [0.2, 0.25) is 0 Å². The number of hydrogen-bond acceptors (Lipinski definition) is 4. The Kier molecular flexibility index (Phi) is 6.16. The van der Waals surface area contributed by atoms with Crippen LogP contribution in [0.15, 0.2) is 48.5 Å². The topological polar surface area (TPSA) is 95.9 Å². The number of fused-ring (bicyclic) bond motifs is 3. The minimum Gasteiger partial charge on any atom is -0.481 e. The van der Waals surface area contributed by atoms with Crippen molar-refractivity contribution in [2.75, 3.05) is 20.7 Å². The van der Waals surface area contributed by atoms with E-state index in [-0.39, 0.29) is 25.4 Å². The molecule has 3 rings (SSSR count). The second-order valence-corrected chi connectivity index (χ2v) is 6.98. The van der Waals surface area contributed by atoms with Gasteiger partial charge in [-0.05, 0) is 28.7 Å². The van der Waals surface area contributed by atoms with Crippen molar-refractivity contribution >= 4 is 18.0 Å². The van der Waals surface area contributed by atoms with Crippen molar-refractivity contribution < 1.29 is 24.2 Å². The summed E-state index contributed by atoms with van der Waals surface area (Å²) in [7, 11) is 2.89. The molecule has 29 heavy (non-hydrogen) atoms. The number of amides is 2. The highest BCUT2D eigenvalue weighted by Gasteiger charge is 2.31. The summed E-state index contributed by atoms with van der Waals surface area (Å²) in [5.41, 5.74) is 4.44. The maximum atomic E-state index is 12.6. The molecule has 0 radical (unpaired) electrons. The minimum atomic E-state index is -1.03. The lowest BCUT2D eigenvalue weighted by molar-refractivity contribution is -0.137. The molecule has 7 heteroatoms. The van der Waals surface area contributed by atoms with Crippen LogP contribution in [0.4, 0.5) is 4.79 Å². The Labute approximate surface area is 169 Å². The number of carbonyl (C=O) groups is 3. The van der Waals surface area contributed by atoms with Crippen LogP contribution in [0, 0.1) is 0 Å². The minimum absolute atomic E-state index is 0.00963. The number of ether oxygens (including phenoxy) is 1. The Morgan fingerprint density at radius 3 is 2.14 bits per heavy atom. The largest absolute Gasteiger partial charge is 0.481 e. The zero-order valence-electron chi connectivity index (χ0n) is 16.4. The Balaban J connectivity index is 1.72. The van der Waals surface area contributed by atoms with Crippen LogP contribution < -0.4 is 5.32 Å². The number of carboxylic acid groups (broad SMARTS) is 1. The quantitative estimate of drug-likeness (QED) is 0.750. The second-order valence-electron chi connectivity index (χ2n) is 6.98. The summed E-state index contributed by atoms with van der Waals surface area (Å²) < 4.78 is 5.54. The molecule has 2 N–H and O–H groups in total. The van der Waals surface area contributed by atoms with E-state index in [4.69, 9.17) is 9.84 Å². The van der Waals surface area contributed by atoms with E-state index in [9.17, 15) is 14.4 Å². The summed E-state index contributed by atoms with van der Waals surface area (Å²) in [4.78, 5) is 36.7. The zero-order chi connectivity index (χ0) is 21.0. The number of carboxylic acids is 1. The van der Waals surface area contributed by atoms with Crippen molar-refractivity contribution in [3.05, 3.63) is 59.7 Å². The number of carbonyl (C=O) groups excluding carboxylic acids is 2. The summed E-state index contributed by atoms with van der Waals surface area (Å²) in [6, 6.07) is 15.1. The third-order valence-corrected chi connectivity index (χ3v) is 5.27. The van der Waals surface area contributed by atoms with Gasteiger partial charge in [-0.15, -0.1) is 0 Å². The molecule has 7 nitrogen and oxygen atoms in total. The molecule has 0 unspecified atom stereocenters. The van der Waals surface area contributed by atoms with Crippen molar-refractivity contribution in [3.63, 3.8) is 0 Å². The highest BCUT2D eigenvalue weighted by Crippen LogP contribution is 2.44. The van der Waals surface area contributed by atoms with Crippen LogP contribution in [0.1, 0.15) is 29.9 Å². The molecular weight excluding hydrogens is 372 g/mol. The van der Waals surface area contributed by atoms with Gasteiger partial charge in [-0.1, -0.05) is 48.5 Å². The first kappa shape index (κ1) is 20.4. The van der Waals surface area contributed by atoms with Crippen LogP contribution >= 0.6 is 0 Å². The highest BCUT2D eigenvalue weighted by molar-refractivity contribution is 5.86. The van der Waals surface area contributed by atoms with Crippen LogP contribution in [-0.4, -0.2) is 54.7 Å². The lowest BCUT2D eigenvalue weighted by atomic mass is 9.98. The first-order valence-corrected chi connectivity index (χ1v) is 9.45. The fourth-order valence-corrected chi connectivity index (χ4v) is 3.75. The zero-order valence-corrected chi connectivity index (χ0v) is 16.4. The predicted octanol–water partition coefficient (Wildman–Crippen LogP) is 2.85. The normalized spacial score (nSPS) is 13.2. The van der Waals surface area contributed by atoms with Crippen molar-refractivity contribution in [2.45, 2.75) is 24.8 Å². The van der Waals surface area contributed by atoms with E-state index in [2.05, 4.69) is 17.4 Å². The molecule has 1 atom stereocenters. The number of nitrogens with one attached hydrogen (secondary N) is 1. The fraction of sp³-hybridized carbons (Fsp3) is 0.318. The van der Waals surface area contributed by atoms with Gasteiger partial charge in [0.1, 0.15) is 12.6 Å². The average Bonchev–Trinajstić information content (AvgIpc) is 3.05. The molecule has 0 bridgehead atoms. The molecule has 0 aromatic heterocycles. The van der Waals surface area contributed by atoms with E-state index in [1.165, 1.54) is 14.1 Å². The molecule has 0 fully saturated rings. The number of benzene rings is 2. The van der Waals surface area contributed by atoms with Gasteiger partial charge in [0.2, 0.25) is 5.91 Å². The summed E-state index contributed by atoms with van der Waals surface area (Å²) in [5, 5.41) is 11.4. The molecule has 1 aliphatic rings. The third kappa shape index (κ3) is 4.23. The molecule has 0 saturated heterocycles. The lowest BCUT2D eigenvalue weighted by Crippen LogP contribution is -2.47. The number of likely N-dealkylation sites (N-methyl/N-ethyl adjacent to an activating group) is 2. The van der Waals surface area contributed by atoms with Gasteiger partial charge in [0, 0.05) is 26.4 Å². The maximum absolute atomic E-state index is 12.6. The number of nitrogens with zero attached hydrogens (tertiary/aromatic N) is 1. The van der Waals surface area contributed by atoms with Crippen LogP contribution in [0.25, 0.3) is 11.1 Å². The second kappa shape index (κ2) is 8.77. The van der Waals surface area contributed by atoms with Crippen molar-refractivity contribution in [1.29, 1.82) is 0 Å². The number of hydrogen-bond donors (Lipinski definition) is 2. The monoisotopic (exact) mass is 396 g/mol. The van der Waals surface area contributed by atoms with E-state index in [0.29, 0.717) is 0 Å². The van der Waals surface area contributed by atoms with E-state index < -0.39 is 24.0 Å². The molecule has 0 saturated carbocycles. The van der Waals surface area contributed by atoms with Crippen molar-refractivity contribution in [2.24, 2.45) is 0 Å². The standard InChI is InChI=1S/C22H24N2O5/c1-23-21(27)19(11-12-20(25)26)24(2)22(28)29-13-18-16-9-5-3-7-14(16)15-8-4-6-10-17(15)18/h3-10,18-19H,11-13H2,1-2H3,(H,23,27)(H,25,26)/t19-/m0/s1. The average molecular weight is 396 g/mol. The van der Waals surface area contributed by atoms with Gasteiger partial charge in [0.15, 0.2) is 0 Å². The fourth-order valence-electron chi connectivity index (χ4n) is 3.75. The summed E-state index contributed by atoms with van der Waals surface area (Å²) in [5.74, 6) is -1.54. The summed E-state index contributed by atoms with van der Waals surface area (Å²) >= 11 is 0. The number of rotatable bonds is 7. The van der Waals surface area contributed by atoms with Gasteiger partial charge in [-0.25, -0.2) is 4.79 Å². The van der Waals surface area contributed by atoms with Gasteiger partial charge in [-0.2, -0.15) is 0 Å². The SMILES string of the molecule is CNC(=O)[C@H](CCC(=O)O)N(C)C(=O)OCC1c2ccccc2-c2ccccc21. The first-order valence-electron chi connectivity index (χ1n) is 9.45. The predicted molar refractivity (Wildman–Crippen MR) is 108 cm³/mol. The van der Waals surface area contributed by atoms with E-state index in [1.807, 2.05) is 36.4 Å². The molecule has 0 heterocycles. The maximum Gasteiger partial charge on any atom is 0.410 e. The molecule has 0 aliphatic heterocycles. The van der Waals surface area contributed by atoms with Gasteiger partial charge in [-0.3, -0.25) is 14.5 Å². The van der Waals surface area contributed by atoms with Gasteiger partial charge < -0.3 is 15.2 Å². The third-order valence-electron chi connectivity index (χ3n) is 5.27. The Morgan fingerprint density at radius 1 is 1.07 bits per heavy atom. The molecule has 2 amide bonds. The molecule has 152 valence electrons.